The number of hydrogen-bond donors (Lipinski definition) is 1. The summed E-state index contributed by atoms with van der Waals surface area (Å²) < 4.78 is 13.0. The summed E-state index contributed by atoms with van der Waals surface area (Å²) >= 11 is 0. The fourth-order valence-electron chi connectivity index (χ4n) is 1.82. The fraction of sp³-hybridized carbons (Fsp3) is 0.0625. The topological polar surface area (TPSA) is 72.2 Å². The van der Waals surface area contributed by atoms with E-state index in [1.54, 1.807) is 19.1 Å². The van der Waals surface area contributed by atoms with Crippen LogP contribution >= 0.6 is 0 Å². The highest BCUT2D eigenvalue weighted by Gasteiger charge is 2.04. The molecular formula is C16H13FN2O3. The molecule has 0 aliphatic heterocycles. The number of nitrogens with one attached hydrogen (secondary N) is 1. The van der Waals surface area contributed by atoms with E-state index in [0.29, 0.717) is 16.8 Å². The van der Waals surface area contributed by atoms with Crippen LogP contribution in [0.1, 0.15) is 11.1 Å². The van der Waals surface area contributed by atoms with Crippen LogP contribution in [0.3, 0.4) is 0 Å². The Bertz CT molecular complexity index is 740. The highest BCUT2D eigenvalue weighted by molar-refractivity contribution is 6.02. The Morgan fingerprint density at radius 1 is 1.23 bits per heavy atom. The third-order valence-corrected chi connectivity index (χ3v) is 2.98. The Balaban J connectivity index is 2.03. The molecule has 2 rings (SSSR count). The molecule has 0 unspecified atom stereocenters. The number of hydrogen-bond acceptors (Lipinski definition) is 3. The number of non-ortho nitro benzene ring substituents is 1. The molecule has 0 aliphatic carbocycles. The monoisotopic (exact) mass is 300 g/mol. The lowest BCUT2D eigenvalue weighted by atomic mass is 10.2. The van der Waals surface area contributed by atoms with E-state index in [1.165, 1.54) is 42.5 Å². The number of amides is 1. The van der Waals surface area contributed by atoms with Crippen molar-refractivity contribution in [3.05, 3.63) is 75.6 Å². The molecule has 0 bridgehead atoms. The van der Waals surface area contributed by atoms with Crippen molar-refractivity contribution in [3.8, 4) is 0 Å². The normalized spacial score (nSPS) is 10.6. The van der Waals surface area contributed by atoms with Crippen LogP contribution in [0, 0.1) is 22.9 Å². The van der Waals surface area contributed by atoms with E-state index < -0.39 is 4.92 Å². The van der Waals surface area contributed by atoms with Crippen LogP contribution in [-0.4, -0.2) is 10.8 Å². The van der Waals surface area contributed by atoms with Crippen molar-refractivity contribution in [2.24, 2.45) is 0 Å². The average Bonchev–Trinajstić information content (AvgIpc) is 2.48. The van der Waals surface area contributed by atoms with Gasteiger partial charge in [0.1, 0.15) is 5.82 Å². The van der Waals surface area contributed by atoms with Crippen molar-refractivity contribution >= 4 is 23.4 Å². The minimum absolute atomic E-state index is 0.0106. The van der Waals surface area contributed by atoms with Gasteiger partial charge in [-0.1, -0.05) is 0 Å². The van der Waals surface area contributed by atoms with E-state index in [9.17, 15) is 19.3 Å². The first-order chi connectivity index (χ1) is 10.5. The van der Waals surface area contributed by atoms with Gasteiger partial charge in [-0.15, -0.1) is 0 Å². The van der Waals surface area contributed by atoms with Crippen LogP contribution in [0.25, 0.3) is 6.08 Å². The summed E-state index contributed by atoms with van der Waals surface area (Å²) in [7, 11) is 0. The van der Waals surface area contributed by atoms with Gasteiger partial charge in [-0.05, 0) is 54.5 Å². The molecule has 0 atom stereocenters. The molecule has 0 aromatic heterocycles. The number of halogens is 1. The lowest BCUT2D eigenvalue weighted by Gasteiger charge is -2.05. The first kappa shape index (κ1) is 15.4. The quantitative estimate of drug-likeness (QED) is 0.531. The van der Waals surface area contributed by atoms with Crippen molar-refractivity contribution in [1.29, 1.82) is 0 Å². The van der Waals surface area contributed by atoms with Crippen LogP contribution in [-0.2, 0) is 4.79 Å². The Hall–Kier alpha value is -3.02. The molecule has 2 aromatic carbocycles. The van der Waals surface area contributed by atoms with Crippen LogP contribution < -0.4 is 5.32 Å². The number of anilines is 1. The Kier molecular flexibility index (Phi) is 4.63. The first-order valence-corrected chi connectivity index (χ1v) is 6.45. The maximum Gasteiger partial charge on any atom is 0.269 e. The summed E-state index contributed by atoms with van der Waals surface area (Å²) in [5.74, 6) is -0.731. The minimum atomic E-state index is -0.489. The second kappa shape index (κ2) is 6.62. The molecule has 0 spiro atoms. The average molecular weight is 300 g/mol. The van der Waals surface area contributed by atoms with Crippen LogP contribution in [0.5, 0.6) is 0 Å². The molecular weight excluding hydrogens is 287 g/mol. The van der Waals surface area contributed by atoms with Gasteiger partial charge in [0.05, 0.1) is 4.92 Å². The molecule has 0 saturated carbocycles. The number of benzene rings is 2. The molecule has 0 heterocycles. The number of carbonyl (C=O) groups is 1. The zero-order chi connectivity index (χ0) is 16.1. The third kappa shape index (κ3) is 3.99. The number of carbonyl (C=O) groups excluding carboxylic acids is 1. The van der Waals surface area contributed by atoms with Gasteiger partial charge in [-0.3, -0.25) is 14.9 Å². The minimum Gasteiger partial charge on any atom is -0.322 e. The lowest BCUT2D eigenvalue weighted by molar-refractivity contribution is -0.384. The Morgan fingerprint density at radius 2 is 1.91 bits per heavy atom. The summed E-state index contributed by atoms with van der Waals surface area (Å²) in [6.07, 6.45) is 2.85. The number of rotatable bonds is 4. The number of nitro groups is 1. The van der Waals surface area contributed by atoms with E-state index >= 15 is 0 Å². The van der Waals surface area contributed by atoms with Gasteiger partial charge in [0.25, 0.3) is 5.69 Å². The SMILES string of the molecule is Cc1cc(F)ccc1NC(=O)/C=C/c1ccc([N+](=O)[O-])cc1. The summed E-state index contributed by atoms with van der Waals surface area (Å²) in [6.45, 7) is 1.69. The van der Waals surface area contributed by atoms with Crippen molar-refractivity contribution in [2.75, 3.05) is 5.32 Å². The molecule has 0 aliphatic rings. The number of aryl methyl sites for hydroxylation is 1. The van der Waals surface area contributed by atoms with E-state index in [-0.39, 0.29) is 17.4 Å². The second-order valence-corrected chi connectivity index (χ2v) is 4.63. The van der Waals surface area contributed by atoms with Crippen molar-refractivity contribution in [1.82, 2.24) is 0 Å². The van der Waals surface area contributed by atoms with Crippen molar-refractivity contribution in [2.45, 2.75) is 6.92 Å². The van der Waals surface area contributed by atoms with E-state index in [4.69, 9.17) is 0 Å². The van der Waals surface area contributed by atoms with Gasteiger partial charge in [0, 0.05) is 23.9 Å². The summed E-state index contributed by atoms with van der Waals surface area (Å²) in [4.78, 5) is 21.8. The highest BCUT2D eigenvalue weighted by atomic mass is 19.1. The smallest absolute Gasteiger partial charge is 0.269 e. The molecule has 2 aromatic rings. The van der Waals surface area contributed by atoms with Gasteiger partial charge in [-0.2, -0.15) is 0 Å². The Labute approximate surface area is 126 Å². The number of nitro benzene ring substituents is 1. The predicted octanol–water partition coefficient (Wildman–Crippen LogP) is 3.69. The molecule has 6 heteroatoms. The van der Waals surface area contributed by atoms with Crippen LogP contribution in [0.4, 0.5) is 15.8 Å². The van der Waals surface area contributed by atoms with Gasteiger partial charge in [0.15, 0.2) is 0 Å². The maximum absolute atomic E-state index is 13.0. The van der Waals surface area contributed by atoms with Crippen molar-refractivity contribution in [3.63, 3.8) is 0 Å². The van der Waals surface area contributed by atoms with Crippen molar-refractivity contribution < 1.29 is 14.1 Å². The summed E-state index contributed by atoms with van der Waals surface area (Å²) in [5, 5.41) is 13.2. The molecule has 1 N–H and O–H groups in total. The highest BCUT2D eigenvalue weighted by Crippen LogP contribution is 2.16. The van der Waals surface area contributed by atoms with E-state index in [1.807, 2.05) is 0 Å². The lowest BCUT2D eigenvalue weighted by Crippen LogP contribution is -2.09. The molecule has 5 nitrogen and oxygen atoms in total. The van der Waals surface area contributed by atoms with Crippen LogP contribution in [0.15, 0.2) is 48.5 Å². The third-order valence-electron chi connectivity index (χ3n) is 2.98. The molecule has 0 fully saturated rings. The summed E-state index contributed by atoms with van der Waals surface area (Å²) in [5.41, 5.74) is 1.80. The largest absolute Gasteiger partial charge is 0.322 e. The van der Waals surface area contributed by atoms with Gasteiger partial charge >= 0.3 is 0 Å². The maximum atomic E-state index is 13.0. The second-order valence-electron chi connectivity index (χ2n) is 4.63. The Morgan fingerprint density at radius 3 is 2.50 bits per heavy atom. The molecule has 1 amide bonds. The molecule has 22 heavy (non-hydrogen) atoms. The molecule has 112 valence electrons. The summed E-state index contributed by atoms with van der Waals surface area (Å²) in [6, 6.07) is 9.90. The first-order valence-electron chi connectivity index (χ1n) is 6.45. The van der Waals surface area contributed by atoms with Gasteiger partial charge < -0.3 is 5.32 Å². The standard InChI is InChI=1S/C16H13FN2O3/c1-11-10-13(17)5-8-15(11)18-16(20)9-4-12-2-6-14(7-3-12)19(21)22/h2-10H,1H3,(H,18,20)/b9-4+. The number of nitrogens with zero attached hydrogens (tertiary/aromatic N) is 1. The predicted molar refractivity (Wildman–Crippen MR) is 81.9 cm³/mol. The molecule has 0 radical (unpaired) electrons. The molecule has 0 saturated heterocycles. The van der Waals surface area contributed by atoms with Gasteiger partial charge in [-0.25, -0.2) is 4.39 Å². The van der Waals surface area contributed by atoms with E-state index in [0.717, 1.165) is 0 Å². The zero-order valence-electron chi connectivity index (χ0n) is 11.7. The zero-order valence-corrected chi connectivity index (χ0v) is 11.7. The fourth-order valence-corrected chi connectivity index (χ4v) is 1.82. The van der Waals surface area contributed by atoms with Gasteiger partial charge in [0.2, 0.25) is 5.91 Å². The van der Waals surface area contributed by atoms with Crippen LogP contribution in [0.2, 0.25) is 0 Å². The van der Waals surface area contributed by atoms with E-state index in [2.05, 4.69) is 5.32 Å².